The summed E-state index contributed by atoms with van der Waals surface area (Å²) < 4.78 is 29.8. The number of nitrogens with one attached hydrogen (secondary N) is 1. The van der Waals surface area contributed by atoms with Crippen molar-refractivity contribution in [2.24, 2.45) is 7.05 Å². The summed E-state index contributed by atoms with van der Waals surface area (Å²) in [5, 5.41) is 15.7. The second-order valence-corrected chi connectivity index (χ2v) is 5.63. The monoisotopic (exact) mass is 382 g/mol. The fourth-order valence-corrected chi connectivity index (χ4v) is 2.42. The van der Waals surface area contributed by atoms with Crippen LogP contribution in [0.1, 0.15) is 10.5 Å². The molecule has 0 fully saturated rings. The molecule has 2 heterocycles. The minimum Gasteiger partial charge on any atom is -0.477 e. The molecule has 9 heteroatoms. The van der Waals surface area contributed by atoms with Gasteiger partial charge in [0.05, 0.1) is 5.69 Å². The topological polar surface area (TPSA) is 80.0 Å². The van der Waals surface area contributed by atoms with Crippen molar-refractivity contribution >= 4 is 44.4 Å². The molecule has 6 nitrogen and oxygen atoms in total. The highest BCUT2D eigenvalue weighted by Crippen LogP contribution is 2.28. The van der Waals surface area contributed by atoms with E-state index in [1.165, 1.54) is 23.9 Å². The van der Waals surface area contributed by atoms with Gasteiger partial charge < -0.3 is 10.4 Å². The lowest BCUT2D eigenvalue weighted by Gasteiger charge is -2.08. The van der Waals surface area contributed by atoms with Crippen molar-refractivity contribution < 1.29 is 18.7 Å². The lowest BCUT2D eigenvalue weighted by Crippen LogP contribution is -2.03. The normalized spacial score (nSPS) is 11.0. The lowest BCUT2D eigenvalue weighted by atomic mass is 10.2. The molecule has 0 spiro atoms. The minimum absolute atomic E-state index is 0.00668. The molecular weight excluding hydrogens is 374 g/mol. The van der Waals surface area contributed by atoms with Crippen LogP contribution in [0.5, 0.6) is 0 Å². The Morgan fingerprint density at radius 3 is 2.65 bits per heavy atom. The quantitative estimate of drug-likeness (QED) is 0.724. The number of aryl methyl sites for hydroxylation is 1. The highest BCUT2D eigenvalue weighted by molar-refractivity contribution is 9.10. The molecule has 0 atom stereocenters. The predicted octanol–water partition coefficient (Wildman–Crippen LogP) is 3.45. The molecule has 2 aromatic heterocycles. The first-order valence-corrected chi connectivity index (χ1v) is 7.14. The zero-order valence-corrected chi connectivity index (χ0v) is 13.2. The predicted molar refractivity (Wildman–Crippen MR) is 82.8 cm³/mol. The third-order valence-electron chi connectivity index (χ3n) is 3.15. The van der Waals surface area contributed by atoms with Gasteiger partial charge in [0.1, 0.15) is 16.9 Å². The van der Waals surface area contributed by atoms with Crippen LogP contribution < -0.4 is 5.32 Å². The zero-order chi connectivity index (χ0) is 16.7. The van der Waals surface area contributed by atoms with E-state index < -0.39 is 23.3 Å². The molecule has 0 aliphatic carbocycles. The van der Waals surface area contributed by atoms with Crippen molar-refractivity contribution in [3.8, 4) is 0 Å². The first kappa shape index (κ1) is 15.3. The van der Waals surface area contributed by atoms with E-state index in [2.05, 4.69) is 31.3 Å². The highest BCUT2D eigenvalue weighted by Gasteiger charge is 2.19. The second-order valence-electron chi connectivity index (χ2n) is 4.71. The fourth-order valence-electron chi connectivity index (χ4n) is 2.09. The van der Waals surface area contributed by atoms with Crippen LogP contribution in [-0.2, 0) is 7.05 Å². The number of aromatic nitrogens is 3. The molecule has 0 radical (unpaired) electrons. The smallest absolute Gasteiger partial charge is 0.354 e. The number of hydrogen-bond donors (Lipinski definition) is 2. The molecule has 3 aromatic rings. The number of carboxylic acids is 1. The maximum Gasteiger partial charge on any atom is 0.354 e. The Hall–Kier alpha value is -2.55. The fraction of sp³-hybridized carbons (Fsp3) is 0.0714. The maximum atomic E-state index is 14.0. The van der Waals surface area contributed by atoms with Gasteiger partial charge in [0, 0.05) is 17.6 Å². The molecular formula is C14H9BrF2N4O2. The molecule has 118 valence electrons. The molecule has 0 saturated carbocycles. The van der Waals surface area contributed by atoms with Gasteiger partial charge in [-0.05, 0) is 18.2 Å². The van der Waals surface area contributed by atoms with Gasteiger partial charge in [0.15, 0.2) is 17.3 Å². The van der Waals surface area contributed by atoms with E-state index in [9.17, 15) is 13.6 Å². The number of nitrogens with zero attached hydrogens (tertiary/aromatic N) is 3. The van der Waals surface area contributed by atoms with Gasteiger partial charge in [-0.2, -0.15) is 5.10 Å². The van der Waals surface area contributed by atoms with Gasteiger partial charge in [0.2, 0.25) is 0 Å². The van der Waals surface area contributed by atoms with E-state index in [1.54, 1.807) is 6.07 Å². The van der Waals surface area contributed by atoms with E-state index in [0.717, 1.165) is 6.07 Å². The molecule has 0 amide bonds. The van der Waals surface area contributed by atoms with E-state index >= 15 is 0 Å². The summed E-state index contributed by atoms with van der Waals surface area (Å²) in [4.78, 5) is 14.9. The summed E-state index contributed by atoms with van der Waals surface area (Å²) in [7, 11) is 1.51. The summed E-state index contributed by atoms with van der Waals surface area (Å²) in [5.74, 6) is -2.53. The number of halogens is 3. The van der Waals surface area contributed by atoms with E-state index in [1.807, 2.05) is 0 Å². The van der Waals surface area contributed by atoms with Crippen molar-refractivity contribution in [3.05, 3.63) is 46.1 Å². The summed E-state index contributed by atoms with van der Waals surface area (Å²) in [6, 6.07) is 5.16. The molecule has 23 heavy (non-hydrogen) atoms. The van der Waals surface area contributed by atoms with Crippen molar-refractivity contribution in [1.29, 1.82) is 0 Å². The van der Waals surface area contributed by atoms with Gasteiger partial charge >= 0.3 is 5.97 Å². The Labute approximate surface area is 136 Å². The number of rotatable bonds is 3. The lowest BCUT2D eigenvalue weighted by molar-refractivity contribution is 0.0690. The SMILES string of the molecule is Cn1nc2c(F)cc(C(=O)O)nc2c1Nc1ccc(Br)cc1F. The standard InChI is InChI=1S/C14H9BrF2N4O2/c1-21-13(19-9-3-2-6(15)4-7(9)16)12-11(20-21)8(17)5-10(18-12)14(22)23/h2-5,19H,1H3,(H,22,23). The molecule has 0 saturated heterocycles. The van der Waals surface area contributed by atoms with Crippen molar-refractivity contribution in [2.75, 3.05) is 5.32 Å². The Kier molecular flexibility index (Phi) is 3.72. The molecule has 0 aliphatic rings. The van der Waals surface area contributed by atoms with Crippen molar-refractivity contribution in [2.45, 2.75) is 0 Å². The van der Waals surface area contributed by atoms with Crippen LogP contribution in [0.15, 0.2) is 28.7 Å². The maximum absolute atomic E-state index is 14.0. The van der Waals surface area contributed by atoms with Gasteiger partial charge in [-0.1, -0.05) is 15.9 Å². The number of pyridine rings is 1. The Morgan fingerprint density at radius 1 is 1.26 bits per heavy atom. The third-order valence-corrected chi connectivity index (χ3v) is 3.64. The average molecular weight is 383 g/mol. The Balaban J connectivity index is 2.16. The molecule has 0 unspecified atom stereocenters. The number of benzene rings is 1. The van der Waals surface area contributed by atoms with Crippen LogP contribution in [0.2, 0.25) is 0 Å². The number of aromatic carboxylic acids is 1. The molecule has 1 aromatic carbocycles. The summed E-state index contributed by atoms with van der Waals surface area (Å²) >= 11 is 3.15. The van der Waals surface area contributed by atoms with Gasteiger partial charge in [0.25, 0.3) is 0 Å². The molecule has 2 N–H and O–H groups in total. The van der Waals surface area contributed by atoms with Crippen LogP contribution in [-0.4, -0.2) is 25.8 Å². The largest absolute Gasteiger partial charge is 0.477 e. The first-order valence-electron chi connectivity index (χ1n) is 6.35. The van der Waals surface area contributed by atoms with Gasteiger partial charge in [-0.15, -0.1) is 0 Å². The van der Waals surface area contributed by atoms with Crippen LogP contribution in [0.3, 0.4) is 0 Å². The number of hydrogen-bond acceptors (Lipinski definition) is 4. The molecule has 3 rings (SSSR count). The Morgan fingerprint density at radius 2 is 2.00 bits per heavy atom. The summed E-state index contributed by atoms with van der Waals surface area (Å²) in [5.41, 5.74) is -0.423. The molecule has 0 aliphatic heterocycles. The minimum atomic E-state index is -1.37. The zero-order valence-electron chi connectivity index (χ0n) is 11.6. The second kappa shape index (κ2) is 5.58. The number of carboxylic acid groups (broad SMARTS) is 1. The van der Waals surface area contributed by atoms with E-state index in [0.29, 0.717) is 4.47 Å². The summed E-state index contributed by atoms with van der Waals surface area (Å²) in [6.07, 6.45) is 0. The van der Waals surface area contributed by atoms with Crippen LogP contribution in [0.4, 0.5) is 20.3 Å². The van der Waals surface area contributed by atoms with Gasteiger partial charge in [-0.3, -0.25) is 0 Å². The van der Waals surface area contributed by atoms with E-state index in [-0.39, 0.29) is 22.5 Å². The highest BCUT2D eigenvalue weighted by atomic mass is 79.9. The van der Waals surface area contributed by atoms with Crippen molar-refractivity contribution in [3.63, 3.8) is 0 Å². The third kappa shape index (κ3) is 2.74. The van der Waals surface area contributed by atoms with E-state index in [4.69, 9.17) is 5.11 Å². The van der Waals surface area contributed by atoms with Crippen LogP contribution in [0.25, 0.3) is 11.0 Å². The number of carbonyl (C=O) groups is 1. The van der Waals surface area contributed by atoms with Crippen LogP contribution >= 0.6 is 15.9 Å². The Bertz CT molecular complexity index is 942. The van der Waals surface area contributed by atoms with Crippen molar-refractivity contribution in [1.82, 2.24) is 14.8 Å². The van der Waals surface area contributed by atoms with Gasteiger partial charge in [-0.25, -0.2) is 23.2 Å². The number of anilines is 2. The average Bonchev–Trinajstić information content (AvgIpc) is 2.79. The van der Waals surface area contributed by atoms with Crippen LogP contribution in [0, 0.1) is 11.6 Å². The molecule has 0 bridgehead atoms. The first-order chi connectivity index (χ1) is 10.9. The number of fused-ring (bicyclic) bond motifs is 1. The summed E-state index contributed by atoms with van der Waals surface area (Å²) in [6.45, 7) is 0.